The Labute approximate surface area is 131 Å². The van der Waals surface area contributed by atoms with Gasteiger partial charge in [0.2, 0.25) is 0 Å². The quantitative estimate of drug-likeness (QED) is 0.646. The lowest BCUT2D eigenvalue weighted by atomic mass is 10.2. The highest BCUT2D eigenvalue weighted by Crippen LogP contribution is 2.17. The Kier molecular flexibility index (Phi) is 4.73. The van der Waals surface area contributed by atoms with Crippen molar-refractivity contribution in [3.8, 4) is 11.5 Å². The molecule has 2 heteroatoms. The number of hydrogen-bond donors (Lipinski definition) is 0. The zero-order chi connectivity index (χ0) is 15.0. The molecule has 3 aromatic rings. The zero-order valence-electron chi connectivity index (χ0n) is 12.3. The molecule has 0 fully saturated rings. The van der Waals surface area contributed by atoms with Crippen LogP contribution in [0, 0.1) is 0 Å². The molecule has 0 aromatic heterocycles. The van der Waals surface area contributed by atoms with Crippen molar-refractivity contribution in [2.24, 2.45) is 0 Å². The van der Waals surface area contributed by atoms with Gasteiger partial charge in [0.25, 0.3) is 0 Å². The van der Waals surface area contributed by atoms with E-state index in [4.69, 9.17) is 9.47 Å². The van der Waals surface area contributed by atoms with Gasteiger partial charge in [-0.15, -0.1) is 0 Å². The van der Waals surface area contributed by atoms with Crippen molar-refractivity contribution in [1.29, 1.82) is 0 Å². The molecule has 0 bridgehead atoms. The van der Waals surface area contributed by atoms with Crippen LogP contribution in [-0.2, 0) is 13.2 Å². The summed E-state index contributed by atoms with van der Waals surface area (Å²) in [5.74, 6) is 1.73. The number of ether oxygens (including phenoxy) is 2. The van der Waals surface area contributed by atoms with Crippen molar-refractivity contribution in [3.63, 3.8) is 0 Å². The van der Waals surface area contributed by atoms with Crippen LogP contribution in [-0.4, -0.2) is 0 Å². The molecule has 0 amide bonds. The second-order valence-electron chi connectivity index (χ2n) is 5.02. The van der Waals surface area contributed by atoms with E-state index in [1.165, 1.54) is 0 Å². The molecule has 0 unspecified atom stereocenters. The van der Waals surface area contributed by atoms with Crippen LogP contribution in [0.25, 0.3) is 0 Å². The van der Waals surface area contributed by atoms with E-state index in [0.29, 0.717) is 13.2 Å². The SMILES string of the molecule is c1ccc(COc2cccc(COc3ccccc3)c2)cc1. The molecule has 0 saturated heterocycles. The van der Waals surface area contributed by atoms with Crippen LogP contribution in [0.3, 0.4) is 0 Å². The van der Waals surface area contributed by atoms with Crippen molar-refractivity contribution in [2.45, 2.75) is 13.2 Å². The molecule has 110 valence electrons. The molecule has 0 radical (unpaired) electrons. The van der Waals surface area contributed by atoms with Crippen molar-refractivity contribution in [1.82, 2.24) is 0 Å². The Morgan fingerprint density at radius 2 is 1.05 bits per heavy atom. The summed E-state index contributed by atoms with van der Waals surface area (Å²) in [6.45, 7) is 1.11. The molecular formula is C20H18O2. The van der Waals surface area contributed by atoms with Gasteiger partial charge in [-0.3, -0.25) is 0 Å². The van der Waals surface area contributed by atoms with Crippen LogP contribution < -0.4 is 9.47 Å². The first-order chi connectivity index (χ1) is 10.9. The maximum absolute atomic E-state index is 5.83. The largest absolute Gasteiger partial charge is 0.489 e. The highest BCUT2D eigenvalue weighted by Gasteiger charge is 1.99. The summed E-state index contributed by atoms with van der Waals surface area (Å²) in [6, 6.07) is 28.0. The van der Waals surface area contributed by atoms with Crippen molar-refractivity contribution in [3.05, 3.63) is 96.1 Å². The van der Waals surface area contributed by atoms with Crippen LogP contribution in [0.1, 0.15) is 11.1 Å². The van der Waals surface area contributed by atoms with Gasteiger partial charge in [-0.1, -0.05) is 60.7 Å². The molecule has 2 nitrogen and oxygen atoms in total. The molecule has 3 aromatic carbocycles. The van der Waals surface area contributed by atoms with Crippen molar-refractivity contribution in [2.75, 3.05) is 0 Å². The smallest absolute Gasteiger partial charge is 0.120 e. The fraction of sp³-hybridized carbons (Fsp3) is 0.100. The lowest BCUT2D eigenvalue weighted by Gasteiger charge is -2.09. The third-order valence-electron chi connectivity index (χ3n) is 3.30. The monoisotopic (exact) mass is 290 g/mol. The fourth-order valence-corrected chi connectivity index (χ4v) is 2.15. The molecule has 0 aliphatic rings. The predicted molar refractivity (Wildman–Crippen MR) is 88.0 cm³/mol. The van der Waals surface area contributed by atoms with Gasteiger partial charge in [-0.25, -0.2) is 0 Å². The van der Waals surface area contributed by atoms with Gasteiger partial charge >= 0.3 is 0 Å². The minimum Gasteiger partial charge on any atom is -0.489 e. The van der Waals surface area contributed by atoms with E-state index in [-0.39, 0.29) is 0 Å². The summed E-state index contributed by atoms with van der Waals surface area (Å²) in [5, 5.41) is 0. The van der Waals surface area contributed by atoms with Gasteiger partial charge in [-0.2, -0.15) is 0 Å². The van der Waals surface area contributed by atoms with E-state index >= 15 is 0 Å². The summed E-state index contributed by atoms with van der Waals surface area (Å²) in [4.78, 5) is 0. The van der Waals surface area contributed by atoms with Crippen LogP contribution in [0.15, 0.2) is 84.9 Å². The summed E-state index contributed by atoms with van der Waals surface area (Å²) in [7, 11) is 0. The Morgan fingerprint density at radius 3 is 1.82 bits per heavy atom. The Balaban J connectivity index is 1.58. The first-order valence-electron chi connectivity index (χ1n) is 7.34. The first kappa shape index (κ1) is 14.2. The van der Waals surface area contributed by atoms with E-state index in [1.807, 2.05) is 72.8 Å². The number of benzene rings is 3. The van der Waals surface area contributed by atoms with E-state index in [2.05, 4.69) is 12.1 Å². The first-order valence-corrected chi connectivity index (χ1v) is 7.34. The molecule has 0 saturated carbocycles. The van der Waals surface area contributed by atoms with E-state index in [9.17, 15) is 0 Å². The zero-order valence-corrected chi connectivity index (χ0v) is 12.3. The summed E-state index contributed by atoms with van der Waals surface area (Å²) in [5.41, 5.74) is 2.25. The van der Waals surface area contributed by atoms with Crippen LogP contribution in [0.4, 0.5) is 0 Å². The standard InChI is InChI=1S/C20H18O2/c1-3-8-17(9-4-1)15-22-20-13-7-10-18(14-20)16-21-19-11-5-2-6-12-19/h1-14H,15-16H2. The highest BCUT2D eigenvalue weighted by atomic mass is 16.5. The van der Waals surface area contributed by atoms with E-state index in [1.54, 1.807) is 0 Å². The number of hydrogen-bond acceptors (Lipinski definition) is 2. The van der Waals surface area contributed by atoms with E-state index in [0.717, 1.165) is 22.6 Å². The minimum atomic E-state index is 0.534. The molecule has 0 aliphatic heterocycles. The second-order valence-corrected chi connectivity index (χ2v) is 5.02. The van der Waals surface area contributed by atoms with Gasteiger partial charge in [0.15, 0.2) is 0 Å². The van der Waals surface area contributed by atoms with Crippen LogP contribution >= 0.6 is 0 Å². The Bertz CT molecular complexity index is 634. The Morgan fingerprint density at radius 1 is 0.500 bits per heavy atom. The third kappa shape index (κ3) is 4.13. The molecule has 0 heterocycles. The van der Waals surface area contributed by atoms with Gasteiger partial charge in [0, 0.05) is 0 Å². The molecular weight excluding hydrogens is 272 g/mol. The average Bonchev–Trinajstić information content (AvgIpc) is 2.60. The van der Waals surface area contributed by atoms with Crippen molar-refractivity contribution < 1.29 is 9.47 Å². The van der Waals surface area contributed by atoms with Gasteiger partial charge in [0.1, 0.15) is 24.7 Å². The molecule has 22 heavy (non-hydrogen) atoms. The average molecular weight is 290 g/mol. The lowest BCUT2D eigenvalue weighted by molar-refractivity contribution is 0.296. The topological polar surface area (TPSA) is 18.5 Å². The van der Waals surface area contributed by atoms with Crippen LogP contribution in [0.5, 0.6) is 11.5 Å². The molecule has 0 N–H and O–H groups in total. The minimum absolute atomic E-state index is 0.534. The molecule has 0 aliphatic carbocycles. The second kappa shape index (κ2) is 7.32. The molecule has 3 rings (SSSR count). The van der Waals surface area contributed by atoms with Crippen molar-refractivity contribution >= 4 is 0 Å². The van der Waals surface area contributed by atoms with Gasteiger partial charge < -0.3 is 9.47 Å². The van der Waals surface area contributed by atoms with Crippen LogP contribution in [0.2, 0.25) is 0 Å². The fourth-order valence-electron chi connectivity index (χ4n) is 2.15. The summed E-state index contributed by atoms with van der Waals surface area (Å²) in [6.07, 6.45) is 0. The lowest BCUT2D eigenvalue weighted by Crippen LogP contribution is -1.98. The Hall–Kier alpha value is -2.74. The van der Waals surface area contributed by atoms with Gasteiger partial charge in [0.05, 0.1) is 0 Å². The normalized spacial score (nSPS) is 10.2. The highest BCUT2D eigenvalue weighted by molar-refractivity contribution is 5.29. The number of para-hydroxylation sites is 1. The third-order valence-corrected chi connectivity index (χ3v) is 3.30. The maximum Gasteiger partial charge on any atom is 0.120 e. The van der Waals surface area contributed by atoms with E-state index < -0.39 is 0 Å². The maximum atomic E-state index is 5.83. The molecule has 0 spiro atoms. The molecule has 0 atom stereocenters. The number of rotatable bonds is 6. The summed E-state index contributed by atoms with van der Waals surface area (Å²) < 4.78 is 11.6. The van der Waals surface area contributed by atoms with Gasteiger partial charge in [-0.05, 0) is 35.4 Å². The predicted octanol–water partition coefficient (Wildman–Crippen LogP) is 4.84. The summed E-state index contributed by atoms with van der Waals surface area (Å²) >= 11 is 0.